The second-order valence-electron chi connectivity index (χ2n) is 5.49. The van der Waals surface area contributed by atoms with Crippen LogP contribution in [0.2, 0.25) is 0 Å². The van der Waals surface area contributed by atoms with Gasteiger partial charge in [0.05, 0.1) is 16.9 Å². The number of rotatable bonds is 2. The number of halogens is 2. The highest BCUT2D eigenvalue weighted by molar-refractivity contribution is 14.1. The summed E-state index contributed by atoms with van der Waals surface area (Å²) in [6.07, 6.45) is 5.25. The van der Waals surface area contributed by atoms with Gasteiger partial charge in [0, 0.05) is 9.61 Å². The Kier molecular flexibility index (Phi) is 4.03. The molecule has 0 radical (unpaired) electrons. The number of nitrogens with zero attached hydrogens (tertiary/aromatic N) is 2. The summed E-state index contributed by atoms with van der Waals surface area (Å²) >= 11 is 8.46. The van der Waals surface area contributed by atoms with E-state index in [1.807, 2.05) is 0 Å². The second kappa shape index (κ2) is 5.60. The molecule has 2 nitrogen and oxygen atoms in total. The van der Waals surface area contributed by atoms with Crippen LogP contribution in [0.4, 0.5) is 0 Å². The maximum atomic E-state index is 6.13. The highest BCUT2D eigenvalue weighted by Gasteiger charge is 2.26. The zero-order valence-corrected chi connectivity index (χ0v) is 14.0. The summed E-state index contributed by atoms with van der Waals surface area (Å²) in [7, 11) is 0. The van der Waals surface area contributed by atoms with Crippen LogP contribution in [0.25, 0.3) is 11.0 Å². The molecule has 0 bridgehead atoms. The van der Waals surface area contributed by atoms with Crippen LogP contribution in [0.1, 0.15) is 44.5 Å². The summed E-state index contributed by atoms with van der Waals surface area (Å²) in [4.78, 5) is 4.73. The average molecular weight is 389 g/mol. The van der Waals surface area contributed by atoms with Crippen LogP contribution in [0.5, 0.6) is 0 Å². The molecule has 1 aliphatic carbocycles. The molecule has 2 atom stereocenters. The molecular weight excluding hydrogens is 371 g/mol. The Hall–Kier alpha value is -0.290. The van der Waals surface area contributed by atoms with Crippen molar-refractivity contribution in [2.45, 2.75) is 44.5 Å². The van der Waals surface area contributed by atoms with E-state index in [1.54, 1.807) is 0 Å². The van der Waals surface area contributed by atoms with Gasteiger partial charge >= 0.3 is 0 Å². The van der Waals surface area contributed by atoms with Crippen molar-refractivity contribution in [1.82, 2.24) is 9.55 Å². The molecular formula is C15H18ClIN2. The molecule has 1 aliphatic rings. The van der Waals surface area contributed by atoms with Crippen LogP contribution >= 0.6 is 34.2 Å². The molecule has 19 heavy (non-hydrogen) atoms. The molecule has 4 heteroatoms. The lowest BCUT2D eigenvalue weighted by atomic mass is 9.85. The molecule has 1 saturated carbocycles. The molecule has 3 rings (SSSR count). The Balaban J connectivity index is 2.14. The van der Waals surface area contributed by atoms with Crippen molar-refractivity contribution in [3.63, 3.8) is 0 Å². The Bertz CT molecular complexity index is 593. The predicted octanol–water partition coefficient (Wildman–Crippen LogP) is 5.13. The van der Waals surface area contributed by atoms with Crippen LogP contribution in [0.3, 0.4) is 0 Å². The molecule has 2 unspecified atom stereocenters. The van der Waals surface area contributed by atoms with E-state index in [0.717, 1.165) is 11.3 Å². The fourth-order valence-electron chi connectivity index (χ4n) is 3.27. The average Bonchev–Trinajstić information content (AvgIpc) is 2.76. The van der Waals surface area contributed by atoms with E-state index in [4.69, 9.17) is 16.6 Å². The third-order valence-corrected chi connectivity index (χ3v) is 5.15. The number of alkyl halides is 1. The zero-order valence-electron chi connectivity index (χ0n) is 11.1. The van der Waals surface area contributed by atoms with E-state index in [1.165, 1.54) is 34.8 Å². The third-order valence-electron chi connectivity index (χ3n) is 4.24. The highest BCUT2D eigenvalue weighted by Crippen LogP contribution is 2.37. The first-order chi connectivity index (χ1) is 9.20. The molecule has 2 aromatic rings. The smallest absolute Gasteiger partial charge is 0.125 e. The van der Waals surface area contributed by atoms with Crippen molar-refractivity contribution in [1.29, 1.82) is 0 Å². The number of fused-ring (bicyclic) bond motifs is 1. The first-order valence-corrected chi connectivity index (χ1v) is 8.54. The van der Waals surface area contributed by atoms with Crippen molar-refractivity contribution in [3.8, 4) is 0 Å². The SMILES string of the molecule is CC1CCCCC1n1c(CCl)nc2cc(I)ccc21. The molecule has 1 heterocycles. The maximum Gasteiger partial charge on any atom is 0.125 e. The van der Waals surface area contributed by atoms with Gasteiger partial charge in [0.25, 0.3) is 0 Å². The van der Waals surface area contributed by atoms with Crippen LogP contribution < -0.4 is 0 Å². The second-order valence-corrected chi connectivity index (χ2v) is 7.01. The fourth-order valence-corrected chi connectivity index (χ4v) is 3.93. The van der Waals surface area contributed by atoms with Crippen LogP contribution in [0.15, 0.2) is 18.2 Å². The minimum Gasteiger partial charge on any atom is -0.324 e. The summed E-state index contributed by atoms with van der Waals surface area (Å²) in [6, 6.07) is 7.07. The van der Waals surface area contributed by atoms with Gasteiger partial charge in [0.2, 0.25) is 0 Å². The number of hydrogen-bond acceptors (Lipinski definition) is 1. The van der Waals surface area contributed by atoms with Gasteiger partial charge in [0.15, 0.2) is 0 Å². The molecule has 1 aromatic heterocycles. The molecule has 1 fully saturated rings. The molecule has 0 aliphatic heterocycles. The van der Waals surface area contributed by atoms with E-state index < -0.39 is 0 Å². The summed E-state index contributed by atoms with van der Waals surface area (Å²) in [5.41, 5.74) is 2.33. The lowest BCUT2D eigenvalue weighted by molar-refractivity contribution is 0.258. The Labute approximate surface area is 132 Å². The van der Waals surface area contributed by atoms with Crippen LogP contribution in [0, 0.1) is 9.49 Å². The van der Waals surface area contributed by atoms with E-state index in [2.05, 4.69) is 52.3 Å². The summed E-state index contributed by atoms with van der Waals surface area (Å²) in [5, 5.41) is 0. The summed E-state index contributed by atoms with van der Waals surface area (Å²) in [6.45, 7) is 2.36. The molecule has 0 saturated heterocycles. The normalized spacial score (nSPS) is 23.9. The van der Waals surface area contributed by atoms with E-state index in [-0.39, 0.29) is 0 Å². The maximum absolute atomic E-state index is 6.13. The number of imidazole rings is 1. The first kappa shape index (κ1) is 13.7. The standard InChI is InChI=1S/C15H18ClIN2/c1-10-4-2-3-5-13(10)19-14-7-6-11(17)8-12(14)18-15(19)9-16/h6-8,10,13H,2-5,9H2,1H3. The van der Waals surface area contributed by atoms with Gasteiger partial charge in [0.1, 0.15) is 5.82 Å². The third kappa shape index (κ3) is 2.51. The summed E-state index contributed by atoms with van der Waals surface area (Å²) < 4.78 is 3.63. The first-order valence-electron chi connectivity index (χ1n) is 6.93. The molecule has 1 aromatic carbocycles. The Morgan fingerprint density at radius 2 is 2.16 bits per heavy atom. The minimum absolute atomic E-state index is 0.495. The van der Waals surface area contributed by atoms with Crippen LogP contribution in [-0.2, 0) is 5.88 Å². The van der Waals surface area contributed by atoms with Crippen molar-refractivity contribution >= 4 is 45.2 Å². The monoisotopic (exact) mass is 388 g/mol. The number of aromatic nitrogens is 2. The largest absolute Gasteiger partial charge is 0.324 e. The highest BCUT2D eigenvalue weighted by atomic mass is 127. The Morgan fingerprint density at radius 1 is 1.37 bits per heavy atom. The van der Waals surface area contributed by atoms with E-state index in [0.29, 0.717) is 17.8 Å². The fraction of sp³-hybridized carbons (Fsp3) is 0.533. The predicted molar refractivity (Wildman–Crippen MR) is 88.7 cm³/mol. The van der Waals surface area contributed by atoms with Gasteiger partial charge in [-0.2, -0.15) is 0 Å². The van der Waals surface area contributed by atoms with Crippen molar-refractivity contribution in [2.24, 2.45) is 5.92 Å². The molecule has 0 amide bonds. The van der Waals surface area contributed by atoms with Crippen LogP contribution in [-0.4, -0.2) is 9.55 Å². The zero-order chi connectivity index (χ0) is 13.4. The summed E-state index contributed by atoms with van der Waals surface area (Å²) in [5.74, 6) is 2.24. The van der Waals surface area contributed by atoms with E-state index in [9.17, 15) is 0 Å². The molecule has 0 N–H and O–H groups in total. The Morgan fingerprint density at radius 3 is 2.89 bits per heavy atom. The number of benzene rings is 1. The molecule has 0 spiro atoms. The molecule has 102 valence electrons. The quantitative estimate of drug-likeness (QED) is 0.515. The van der Waals surface area contributed by atoms with Crippen molar-refractivity contribution in [2.75, 3.05) is 0 Å². The lowest BCUT2D eigenvalue weighted by Crippen LogP contribution is -2.22. The van der Waals surface area contributed by atoms with Gasteiger partial charge in [-0.15, -0.1) is 11.6 Å². The minimum atomic E-state index is 0.495. The number of hydrogen-bond donors (Lipinski definition) is 0. The van der Waals surface area contributed by atoms with Gasteiger partial charge in [-0.25, -0.2) is 4.98 Å². The lowest BCUT2D eigenvalue weighted by Gasteiger charge is -2.31. The van der Waals surface area contributed by atoms with Gasteiger partial charge in [-0.1, -0.05) is 19.8 Å². The topological polar surface area (TPSA) is 17.8 Å². The van der Waals surface area contributed by atoms with Crippen molar-refractivity contribution in [3.05, 3.63) is 27.6 Å². The van der Waals surface area contributed by atoms with E-state index >= 15 is 0 Å². The van der Waals surface area contributed by atoms with Gasteiger partial charge < -0.3 is 4.57 Å². The van der Waals surface area contributed by atoms with Gasteiger partial charge in [-0.05, 0) is 59.5 Å². The van der Waals surface area contributed by atoms with Crippen molar-refractivity contribution < 1.29 is 0 Å². The van der Waals surface area contributed by atoms with Gasteiger partial charge in [-0.3, -0.25) is 0 Å².